The Morgan fingerprint density at radius 2 is 1.42 bits per heavy atom. The molecule has 0 radical (unpaired) electrons. The summed E-state index contributed by atoms with van der Waals surface area (Å²) in [5, 5.41) is 3.48. The summed E-state index contributed by atoms with van der Waals surface area (Å²) in [7, 11) is 0. The number of hydrogen-bond acceptors (Lipinski definition) is 4. The van der Waals surface area contributed by atoms with E-state index >= 15 is 0 Å². The van der Waals surface area contributed by atoms with E-state index in [4.69, 9.17) is 8.83 Å². The third-order valence-electron chi connectivity index (χ3n) is 3.96. The summed E-state index contributed by atoms with van der Waals surface area (Å²) in [4.78, 5) is 12.4. The molecular formula is C15H17NO3. The number of carbonyl (C=O) groups is 1. The molecule has 1 saturated heterocycles. The summed E-state index contributed by atoms with van der Waals surface area (Å²) in [6, 6.07) is 7.28. The minimum Gasteiger partial charge on any atom is -0.468 e. The summed E-state index contributed by atoms with van der Waals surface area (Å²) in [5.74, 6) is 1.62. The van der Waals surface area contributed by atoms with Gasteiger partial charge in [0, 0.05) is 11.8 Å². The van der Waals surface area contributed by atoms with Gasteiger partial charge in [-0.05, 0) is 24.3 Å². The van der Waals surface area contributed by atoms with Gasteiger partial charge in [0.1, 0.15) is 17.3 Å². The lowest BCUT2D eigenvalue weighted by Gasteiger charge is -2.37. The number of Topliss-reactive ketones (excluding diaryl/α,β-unsaturated/α-hetero) is 1. The first-order chi connectivity index (χ1) is 9.18. The van der Waals surface area contributed by atoms with Crippen molar-refractivity contribution in [3.8, 4) is 0 Å². The number of carbonyl (C=O) groups excluding carboxylic acids is 1. The Kier molecular flexibility index (Phi) is 3.03. The Morgan fingerprint density at radius 3 is 1.79 bits per heavy atom. The molecule has 19 heavy (non-hydrogen) atoms. The van der Waals surface area contributed by atoms with Crippen LogP contribution in [0.2, 0.25) is 0 Å². The molecule has 2 aromatic heterocycles. The first-order valence-corrected chi connectivity index (χ1v) is 6.55. The van der Waals surface area contributed by atoms with Crippen molar-refractivity contribution in [3.63, 3.8) is 0 Å². The molecule has 0 aliphatic carbocycles. The van der Waals surface area contributed by atoms with E-state index in [0.717, 1.165) is 11.5 Å². The van der Waals surface area contributed by atoms with Gasteiger partial charge in [0.25, 0.3) is 0 Å². The van der Waals surface area contributed by atoms with E-state index in [1.165, 1.54) is 0 Å². The van der Waals surface area contributed by atoms with Gasteiger partial charge in [-0.25, -0.2) is 0 Å². The summed E-state index contributed by atoms with van der Waals surface area (Å²) < 4.78 is 10.9. The van der Waals surface area contributed by atoms with Crippen LogP contribution in [0, 0.1) is 11.8 Å². The van der Waals surface area contributed by atoms with Crippen LogP contribution in [-0.2, 0) is 4.79 Å². The average molecular weight is 259 g/mol. The van der Waals surface area contributed by atoms with Crippen molar-refractivity contribution in [1.82, 2.24) is 5.32 Å². The molecular weight excluding hydrogens is 242 g/mol. The maximum Gasteiger partial charge on any atom is 0.142 e. The number of hydrogen-bond donors (Lipinski definition) is 1. The monoisotopic (exact) mass is 259 g/mol. The maximum atomic E-state index is 12.4. The highest BCUT2D eigenvalue weighted by molar-refractivity contribution is 5.85. The fourth-order valence-electron chi connectivity index (χ4n) is 2.82. The molecule has 0 amide bonds. The van der Waals surface area contributed by atoms with E-state index in [1.807, 2.05) is 38.1 Å². The fourth-order valence-corrected chi connectivity index (χ4v) is 2.82. The molecule has 1 aliphatic heterocycles. The predicted octanol–water partition coefficient (Wildman–Crippen LogP) is 3.10. The lowest BCUT2D eigenvalue weighted by atomic mass is 9.79. The second kappa shape index (κ2) is 4.70. The second-order valence-electron chi connectivity index (χ2n) is 5.13. The summed E-state index contributed by atoms with van der Waals surface area (Å²) >= 11 is 0. The van der Waals surface area contributed by atoms with Crippen LogP contribution >= 0.6 is 0 Å². The molecule has 3 heterocycles. The molecule has 4 nitrogen and oxygen atoms in total. The van der Waals surface area contributed by atoms with Crippen molar-refractivity contribution < 1.29 is 13.6 Å². The van der Waals surface area contributed by atoms with E-state index in [2.05, 4.69) is 5.32 Å². The largest absolute Gasteiger partial charge is 0.468 e. The average Bonchev–Trinajstić information content (AvgIpc) is 3.08. The van der Waals surface area contributed by atoms with E-state index < -0.39 is 0 Å². The van der Waals surface area contributed by atoms with Gasteiger partial charge in [-0.1, -0.05) is 13.8 Å². The van der Waals surface area contributed by atoms with Gasteiger partial charge in [0.15, 0.2) is 0 Å². The molecule has 3 rings (SSSR count). The predicted molar refractivity (Wildman–Crippen MR) is 69.4 cm³/mol. The molecule has 0 aromatic carbocycles. The van der Waals surface area contributed by atoms with Crippen molar-refractivity contribution in [2.24, 2.45) is 11.8 Å². The highest BCUT2D eigenvalue weighted by Gasteiger charge is 2.42. The van der Waals surface area contributed by atoms with E-state index in [9.17, 15) is 4.79 Å². The zero-order valence-electron chi connectivity index (χ0n) is 11.0. The number of ketones is 1. The van der Waals surface area contributed by atoms with Crippen LogP contribution in [-0.4, -0.2) is 5.78 Å². The summed E-state index contributed by atoms with van der Waals surface area (Å²) in [5.41, 5.74) is 0. The van der Waals surface area contributed by atoms with Gasteiger partial charge >= 0.3 is 0 Å². The summed E-state index contributed by atoms with van der Waals surface area (Å²) in [6.07, 6.45) is 3.27. The van der Waals surface area contributed by atoms with E-state index in [-0.39, 0.29) is 29.7 Å². The van der Waals surface area contributed by atoms with Crippen LogP contribution in [0.3, 0.4) is 0 Å². The highest BCUT2D eigenvalue weighted by Crippen LogP contribution is 2.38. The van der Waals surface area contributed by atoms with Crippen molar-refractivity contribution in [2.45, 2.75) is 25.9 Å². The smallest absolute Gasteiger partial charge is 0.142 e. The fraction of sp³-hybridized carbons (Fsp3) is 0.400. The van der Waals surface area contributed by atoms with Crippen LogP contribution in [0.4, 0.5) is 0 Å². The SMILES string of the molecule is C[C@@H]1C(=O)[C@H](C)[C@@H](c2ccco2)N[C@@H]1c1ccco1. The van der Waals surface area contributed by atoms with E-state index in [1.54, 1.807) is 12.5 Å². The number of rotatable bonds is 2. The first kappa shape index (κ1) is 12.2. The molecule has 100 valence electrons. The van der Waals surface area contributed by atoms with Crippen molar-refractivity contribution in [3.05, 3.63) is 48.3 Å². The van der Waals surface area contributed by atoms with Crippen molar-refractivity contribution in [2.75, 3.05) is 0 Å². The Bertz CT molecular complexity index is 496. The van der Waals surface area contributed by atoms with Gasteiger partial charge in [0.05, 0.1) is 24.6 Å². The molecule has 0 saturated carbocycles. The quantitative estimate of drug-likeness (QED) is 0.900. The minimum atomic E-state index is -0.104. The van der Waals surface area contributed by atoms with Crippen LogP contribution in [0.5, 0.6) is 0 Å². The molecule has 0 spiro atoms. The molecule has 1 N–H and O–H groups in total. The topological polar surface area (TPSA) is 55.4 Å². The Labute approximate surface area is 111 Å². The molecule has 0 unspecified atom stereocenters. The van der Waals surface area contributed by atoms with Crippen LogP contribution in [0.25, 0.3) is 0 Å². The second-order valence-corrected chi connectivity index (χ2v) is 5.13. The molecule has 1 aliphatic rings. The van der Waals surface area contributed by atoms with Gasteiger partial charge in [-0.3, -0.25) is 10.1 Å². The maximum absolute atomic E-state index is 12.4. The Balaban J connectivity index is 1.93. The van der Waals surface area contributed by atoms with Gasteiger partial charge in [0.2, 0.25) is 0 Å². The third-order valence-corrected chi connectivity index (χ3v) is 3.96. The molecule has 4 atom stereocenters. The molecule has 1 fully saturated rings. The highest BCUT2D eigenvalue weighted by atomic mass is 16.3. The Hall–Kier alpha value is -1.81. The first-order valence-electron chi connectivity index (χ1n) is 6.55. The third kappa shape index (κ3) is 2.02. The molecule has 4 heteroatoms. The molecule has 0 bridgehead atoms. The lowest BCUT2D eigenvalue weighted by Crippen LogP contribution is -2.46. The zero-order valence-corrected chi connectivity index (χ0v) is 11.0. The number of nitrogens with one attached hydrogen (secondary N) is 1. The van der Waals surface area contributed by atoms with Gasteiger partial charge in [-0.2, -0.15) is 0 Å². The van der Waals surface area contributed by atoms with E-state index in [0.29, 0.717) is 0 Å². The van der Waals surface area contributed by atoms with Crippen LogP contribution in [0.15, 0.2) is 45.6 Å². The van der Waals surface area contributed by atoms with Crippen molar-refractivity contribution >= 4 is 5.78 Å². The zero-order chi connectivity index (χ0) is 13.4. The number of piperidine rings is 1. The van der Waals surface area contributed by atoms with Crippen LogP contribution < -0.4 is 5.32 Å². The summed E-state index contributed by atoms with van der Waals surface area (Å²) in [6.45, 7) is 3.88. The number of furan rings is 2. The van der Waals surface area contributed by atoms with Gasteiger partial charge < -0.3 is 8.83 Å². The van der Waals surface area contributed by atoms with Gasteiger partial charge in [-0.15, -0.1) is 0 Å². The normalized spacial score (nSPS) is 31.6. The van der Waals surface area contributed by atoms with Crippen molar-refractivity contribution in [1.29, 1.82) is 0 Å². The van der Waals surface area contributed by atoms with Crippen LogP contribution in [0.1, 0.15) is 37.5 Å². The lowest BCUT2D eigenvalue weighted by molar-refractivity contribution is -0.131. The standard InChI is InChI=1S/C15H17NO3/c1-9-13(11-5-3-7-18-11)16-14(10(2)15(9)17)12-6-4-8-19-12/h3-10,13-14,16H,1-2H3/t9-,10+,13-,14-/m0/s1. The Morgan fingerprint density at radius 1 is 0.947 bits per heavy atom. The molecule has 2 aromatic rings. The minimum absolute atomic E-state index is 0.103.